The zero-order valence-corrected chi connectivity index (χ0v) is 14.2. The summed E-state index contributed by atoms with van der Waals surface area (Å²) in [5.74, 6) is 0. The SMILES string of the molecule is CCNC(CC)c1ccc(N(C)Cc2scnc2C)cc1. The van der Waals surface area contributed by atoms with Gasteiger partial charge < -0.3 is 10.2 Å². The first-order valence-corrected chi connectivity index (χ1v) is 8.47. The van der Waals surface area contributed by atoms with Gasteiger partial charge in [-0.25, -0.2) is 4.98 Å². The smallest absolute Gasteiger partial charge is 0.0798 e. The second-order valence-electron chi connectivity index (χ2n) is 5.33. The van der Waals surface area contributed by atoms with Crippen molar-refractivity contribution in [2.45, 2.75) is 39.8 Å². The molecule has 1 aromatic carbocycles. The summed E-state index contributed by atoms with van der Waals surface area (Å²) in [6.45, 7) is 8.37. The van der Waals surface area contributed by atoms with E-state index in [0.29, 0.717) is 6.04 Å². The van der Waals surface area contributed by atoms with Crippen LogP contribution in [0, 0.1) is 6.92 Å². The molecule has 1 unspecified atom stereocenters. The number of thiazole rings is 1. The monoisotopic (exact) mass is 303 g/mol. The zero-order chi connectivity index (χ0) is 15.2. The molecule has 0 radical (unpaired) electrons. The lowest BCUT2D eigenvalue weighted by Crippen LogP contribution is -2.20. The predicted octanol–water partition coefficient (Wildman–Crippen LogP) is 4.15. The highest BCUT2D eigenvalue weighted by Crippen LogP contribution is 2.23. The maximum Gasteiger partial charge on any atom is 0.0798 e. The summed E-state index contributed by atoms with van der Waals surface area (Å²) in [6, 6.07) is 9.36. The standard InChI is InChI=1S/C17H25N3S/c1-5-16(18-6-2)14-7-9-15(10-8-14)20(4)11-17-13(3)19-12-21-17/h7-10,12,16,18H,5-6,11H2,1-4H3. The molecule has 0 aliphatic heterocycles. The van der Waals surface area contributed by atoms with Crippen LogP contribution in [0.3, 0.4) is 0 Å². The Morgan fingerprint density at radius 1 is 1.24 bits per heavy atom. The van der Waals surface area contributed by atoms with Gasteiger partial charge in [-0.3, -0.25) is 0 Å². The van der Waals surface area contributed by atoms with Crippen molar-refractivity contribution < 1.29 is 0 Å². The molecule has 0 aliphatic rings. The minimum Gasteiger partial charge on any atom is -0.369 e. The van der Waals surface area contributed by atoms with Crippen LogP contribution in [-0.2, 0) is 6.54 Å². The highest BCUT2D eigenvalue weighted by Gasteiger charge is 2.10. The summed E-state index contributed by atoms with van der Waals surface area (Å²) < 4.78 is 0. The molecular weight excluding hydrogens is 278 g/mol. The van der Waals surface area contributed by atoms with Crippen molar-refractivity contribution in [2.75, 3.05) is 18.5 Å². The molecule has 0 saturated heterocycles. The third kappa shape index (κ3) is 4.05. The Morgan fingerprint density at radius 2 is 1.95 bits per heavy atom. The van der Waals surface area contributed by atoms with Crippen molar-refractivity contribution in [3.05, 3.63) is 45.9 Å². The first-order chi connectivity index (χ1) is 10.2. The molecule has 1 aromatic heterocycles. The van der Waals surface area contributed by atoms with Crippen molar-refractivity contribution in [1.82, 2.24) is 10.3 Å². The summed E-state index contributed by atoms with van der Waals surface area (Å²) in [5.41, 5.74) is 5.68. The molecule has 0 fully saturated rings. The number of anilines is 1. The van der Waals surface area contributed by atoms with E-state index in [2.05, 4.69) is 67.3 Å². The molecule has 1 heterocycles. The van der Waals surface area contributed by atoms with E-state index < -0.39 is 0 Å². The van der Waals surface area contributed by atoms with Crippen molar-refractivity contribution in [2.24, 2.45) is 0 Å². The first-order valence-electron chi connectivity index (χ1n) is 7.59. The third-order valence-electron chi connectivity index (χ3n) is 3.82. The second kappa shape index (κ2) is 7.57. The topological polar surface area (TPSA) is 28.2 Å². The zero-order valence-electron chi connectivity index (χ0n) is 13.4. The Bertz CT molecular complexity index is 547. The van der Waals surface area contributed by atoms with Gasteiger partial charge in [0.15, 0.2) is 0 Å². The lowest BCUT2D eigenvalue weighted by Gasteiger charge is -2.21. The molecule has 0 bridgehead atoms. The lowest BCUT2D eigenvalue weighted by atomic mass is 10.0. The van der Waals surface area contributed by atoms with Crippen LogP contribution < -0.4 is 10.2 Å². The minimum absolute atomic E-state index is 0.457. The fraction of sp³-hybridized carbons (Fsp3) is 0.471. The molecule has 21 heavy (non-hydrogen) atoms. The molecule has 4 heteroatoms. The van der Waals surface area contributed by atoms with Crippen LogP contribution >= 0.6 is 11.3 Å². The van der Waals surface area contributed by atoms with Crippen molar-refractivity contribution in [1.29, 1.82) is 0 Å². The maximum atomic E-state index is 4.32. The van der Waals surface area contributed by atoms with Crippen molar-refractivity contribution >= 4 is 17.0 Å². The lowest BCUT2D eigenvalue weighted by molar-refractivity contribution is 0.537. The van der Waals surface area contributed by atoms with Crippen LogP contribution in [0.2, 0.25) is 0 Å². The van der Waals surface area contributed by atoms with Gasteiger partial charge in [-0.05, 0) is 37.6 Å². The molecule has 114 valence electrons. The van der Waals surface area contributed by atoms with E-state index in [1.54, 1.807) is 11.3 Å². The van der Waals surface area contributed by atoms with Gasteiger partial charge in [-0.1, -0.05) is 26.0 Å². The molecule has 0 spiro atoms. The van der Waals surface area contributed by atoms with Crippen LogP contribution in [0.5, 0.6) is 0 Å². The summed E-state index contributed by atoms with van der Waals surface area (Å²) in [7, 11) is 2.13. The van der Waals surface area contributed by atoms with Crippen LogP contribution in [-0.4, -0.2) is 18.6 Å². The van der Waals surface area contributed by atoms with Gasteiger partial charge in [-0.2, -0.15) is 0 Å². The fourth-order valence-corrected chi connectivity index (χ4v) is 3.32. The highest BCUT2D eigenvalue weighted by molar-refractivity contribution is 7.09. The predicted molar refractivity (Wildman–Crippen MR) is 92.1 cm³/mol. The third-order valence-corrected chi connectivity index (χ3v) is 4.74. The minimum atomic E-state index is 0.457. The average molecular weight is 303 g/mol. The van der Waals surface area contributed by atoms with Crippen LogP contribution in [0.25, 0.3) is 0 Å². The molecule has 3 nitrogen and oxygen atoms in total. The van der Waals surface area contributed by atoms with E-state index in [4.69, 9.17) is 0 Å². The van der Waals surface area contributed by atoms with Gasteiger partial charge in [-0.15, -0.1) is 11.3 Å². The average Bonchev–Trinajstić information content (AvgIpc) is 2.90. The number of rotatable bonds is 7. The largest absolute Gasteiger partial charge is 0.369 e. The van der Waals surface area contributed by atoms with Crippen molar-refractivity contribution in [3.8, 4) is 0 Å². The second-order valence-corrected chi connectivity index (χ2v) is 6.27. The Hall–Kier alpha value is -1.39. The maximum absolute atomic E-state index is 4.32. The van der Waals surface area contributed by atoms with Gasteiger partial charge in [0.25, 0.3) is 0 Å². The van der Waals surface area contributed by atoms with Crippen LogP contribution in [0.4, 0.5) is 5.69 Å². The summed E-state index contributed by atoms with van der Waals surface area (Å²) in [6.07, 6.45) is 1.11. The Kier molecular flexibility index (Phi) is 5.76. The normalized spacial score (nSPS) is 12.4. The molecule has 2 rings (SSSR count). The molecular formula is C17H25N3S. The number of nitrogens with one attached hydrogen (secondary N) is 1. The number of hydrogen-bond donors (Lipinski definition) is 1. The van der Waals surface area contributed by atoms with E-state index in [1.807, 2.05) is 5.51 Å². The van der Waals surface area contributed by atoms with E-state index in [0.717, 1.165) is 25.2 Å². The summed E-state index contributed by atoms with van der Waals surface area (Å²) in [5, 5.41) is 3.52. The van der Waals surface area contributed by atoms with Crippen molar-refractivity contribution in [3.63, 3.8) is 0 Å². The molecule has 2 aromatic rings. The molecule has 0 aliphatic carbocycles. The van der Waals surface area contributed by atoms with Crippen LogP contribution in [0.1, 0.15) is 42.4 Å². The Morgan fingerprint density at radius 3 is 2.48 bits per heavy atom. The van der Waals surface area contributed by atoms with Gasteiger partial charge >= 0.3 is 0 Å². The van der Waals surface area contributed by atoms with E-state index >= 15 is 0 Å². The van der Waals surface area contributed by atoms with E-state index in [9.17, 15) is 0 Å². The van der Waals surface area contributed by atoms with E-state index in [-0.39, 0.29) is 0 Å². The number of hydrogen-bond acceptors (Lipinski definition) is 4. The quantitative estimate of drug-likeness (QED) is 0.833. The Labute approximate surface area is 132 Å². The number of nitrogens with zero attached hydrogens (tertiary/aromatic N) is 2. The first kappa shape index (κ1) is 16.0. The molecule has 0 saturated carbocycles. The van der Waals surface area contributed by atoms with Gasteiger partial charge in [0.2, 0.25) is 0 Å². The molecule has 1 N–H and O–H groups in total. The highest BCUT2D eigenvalue weighted by atomic mass is 32.1. The summed E-state index contributed by atoms with van der Waals surface area (Å²) in [4.78, 5) is 7.93. The summed E-state index contributed by atoms with van der Waals surface area (Å²) >= 11 is 1.73. The number of aryl methyl sites for hydroxylation is 1. The number of benzene rings is 1. The van der Waals surface area contributed by atoms with Gasteiger partial charge in [0.1, 0.15) is 0 Å². The van der Waals surface area contributed by atoms with E-state index in [1.165, 1.54) is 16.1 Å². The molecule has 0 amide bonds. The van der Waals surface area contributed by atoms with Gasteiger partial charge in [0, 0.05) is 23.7 Å². The van der Waals surface area contributed by atoms with Gasteiger partial charge in [0.05, 0.1) is 17.7 Å². The van der Waals surface area contributed by atoms with Crippen LogP contribution in [0.15, 0.2) is 29.8 Å². The number of aromatic nitrogens is 1. The molecule has 1 atom stereocenters. The fourth-order valence-electron chi connectivity index (χ4n) is 2.49. The Balaban J connectivity index is 2.06.